The smallest absolute Gasteiger partial charge is 0.160 e. The van der Waals surface area contributed by atoms with Gasteiger partial charge in [-0.15, -0.1) is 0 Å². The van der Waals surface area contributed by atoms with Crippen molar-refractivity contribution in [1.29, 1.82) is 0 Å². The molecule has 1 aromatic rings. The zero-order valence-corrected chi connectivity index (χ0v) is 13.2. The monoisotopic (exact) mass is 293 g/mol. The number of nitrogens with zero attached hydrogens (tertiary/aromatic N) is 2. The molecule has 1 saturated heterocycles. The van der Waals surface area contributed by atoms with Gasteiger partial charge in [0, 0.05) is 38.3 Å². The van der Waals surface area contributed by atoms with Crippen LogP contribution in [0.15, 0.2) is 18.2 Å². The van der Waals surface area contributed by atoms with Crippen LogP contribution in [0.5, 0.6) is 11.5 Å². The number of hydrogen-bond donors (Lipinski definition) is 2. The number of likely N-dealkylation sites (N-methyl/N-ethyl adjacent to an activating group) is 1. The Balaban J connectivity index is 2.19. The molecule has 0 amide bonds. The van der Waals surface area contributed by atoms with Gasteiger partial charge in [-0.25, -0.2) is 0 Å². The van der Waals surface area contributed by atoms with Crippen LogP contribution < -0.4 is 10.5 Å². The van der Waals surface area contributed by atoms with Gasteiger partial charge >= 0.3 is 0 Å². The molecule has 1 aliphatic heterocycles. The van der Waals surface area contributed by atoms with Gasteiger partial charge < -0.3 is 20.5 Å². The Bertz CT molecular complexity index is 467. The molecule has 2 rings (SSSR count). The van der Waals surface area contributed by atoms with Crippen LogP contribution in [-0.4, -0.2) is 61.3 Å². The van der Waals surface area contributed by atoms with E-state index >= 15 is 0 Å². The largest absolute Gasteiger partial charge is 0.504 e. The van der Waals surface area contributed by atoms with Gasteiger partial charge in [0.25, 0.3) is 0 Å². The van der Waals surface area contributed by atoms with Gasteiger partial charge in [-0.05, 0) is 31.2 Å². The minimum Gasteiger partial charge on any atom is -0.504 e. The lowest BCUT2D eigenvalue weighted by Crippen LogP contribution is -2.53. The molecule has 2 unspecified atom stereocenters. The molecule has 0 saturated carbocycles. The standard InChI is InChI=1S/C16H27N3O2/c1-4-13-11-19(8-7-18(13)2)14(10-17)12-5-6-15(20)16(9-12)21-3/h5-6,9,13-14,20H,4,7-8,10-11,17H2,1-3H3. The first-order chi connectivity index (χ1) is 10.1. The van der Waals surface area contributed by atoms with Crippen LogP contribution in [0.1, 0.15) is 24.9 Å². The van der Waals surface area contributed by atoms with Gasteiger partial charge in [-0.1, -0.05) is 13.0 Å². The summed E-state index contributed by atoms with van der Waals surface area (Å²) in [7, 11) is 3.76. The van der Waals surface area contributed by atoms with Crippen LogP contribution in [0.4, 0.5) is 0 Å². The molecule has 0 radical (unpaired) electrons. The Morgan fingerprint density at radius 1 is 1.43 bits per heavy atom. The second-order valence-electron chi connectivity index (χ2n) is 5.72. The fraction of sp³-hybridized carbons (Fsp3) is 0.625. The molecule has 0 aromatic heterocycles. The summed E-state index contributed by atoms with van der Waals surface area (Å²) in [6.07, 6.45) is 1.14. The highest BCUT2D eigenvalue weighted by atomic mass is 16.5. The number of piperazine rings is 1. The number of rotatable bonds is 5. The second kappa shape index (κ2) is 7.11. The molecule has 5 heteroatoms. The van der Waals surface area contributed by atoms with E-state index in [0.29, 0.717) is 18.3 Å². The van der Waals surface area contributed by atoms with E-state index in [4.69, 9.17) is 10.5 Å². The normalized spacial score (nSPS) is 22.2. The third-order valence-corrected chi connectivity index (χ3v) is 4.53. The summed E-state index contributed by atoms with van der Waals surface area (Å²) < 4.78 is 5.21. The van der Waals surface area contributed by atoms with Crippen molar-refractivity contribution in [3.63, 3.8) is 0 Å². The predicted octanol–water partition coefficient (Wildman–Crippen LogP) is 1.43. The van der Waals surface area contributed by atoms with E-state index in [-0.39, 0.29) is 11.8 Å². The predicted molar refractivity (Wildman–Crippen MR) is 84.7 cm³/mol. The number of aromatic hydroxyl groups is 1. The van der Waals surface area contributed by atoms with Gasteiger partial charge in [0.1, 0.15) is 0 Å². The lowest BCUT2D eigenvalue weighted by Gasteiger charge is -2.42. The number of methoxy groups -OCH3 is 1. The molecular weight excluding hydrogens is 266 g/mol. The van der Waals surface area contributed by atoms with Crippen molar-refractivity contribution >= 4 is 0 Å². The maximum atomic E-state index is 9.74. The summed E-state index contributed by atoms with van der Waals surface area (Å²) in [5.41, 5.74) is 7.13. The molecule has 1 aliphatic rings. The maximum absolute atomic E-state index is 9.74. The van der Waals surface area contributed by atoms with Crippen LogP contribution in [0, 0.1) is 0 Å². The molecule has 1 aromatic carbocycles. The molecule has 3 N–H and O–H groups in total. The SMILES string of the molecule is CCC1CN(C(CN)c2ccc(O)c(OC)c2)CCN1C. The van der Waals surface area contributed by atoms with Gasteiger partial charge in [0.05, 0.1) is 7.11 Å². The quantitative estimate of drug-likeness (QED) is 0.860. The average Bonchev–Trinajstić information content (AvgIpc) is 2.51. The highest BCUT2D eigenvalue weighted by Crippen LogP contribution is 2.31. The molecule has 0 bridgehead atoms. The van der Waals surface area contributed by atoms with E-state index in [0.717, 1.165) is 31.6 Å². The third-order valence-electron chi connectivity index (χ3n) is 4.53. The summed E-state index contributed by atoms with van der Waals surface area (Å²) in [5, 5.41) is 9.74. The molecule has 21 heavy (non-hydrogen) atoms. The number of nitrogens with two attached hydrogens (primary N) is 1. The van der Waals surface area contributed by atoms with Crippen LogP contribution >= 0.6 is 0 Å². The van der Waals surface area contributed by atoms with Crippen LogP contribution in [0.3, 0.4) is 0 Å². The molecule has 1 heterocycles. The number of benzene rings is 1. The van der Waals surface area contributed by atoms with Crippen molar-refractivity contribution in [3.8, 4) is 11.5 Å². The minimum atomic E-state index is 0.168. The third kappa shape index (κ3) is 3.48. The van der Waals surface area contributed by atoms with Gasteiger partial charge in [-0.2, -0.15) is 0 Å². The Morgan fingerprint density at radius 3 is 2.81 bits per heavy atom. The van der Waals surface area contributed by atoms with Crippen molar-refractivity contribution in [2.45, 2.75) is 25.4 Å². The first kappa shape index (κ1) is 16.1. The minimum absolute atomic E-state index is 0.168. The topological polar surface area (TPSA) is 62.0 Å². The second-order valence-corrected chi connectivity index (χ2v) is 5.72. The number of ether oxygens (including phenoxy) is 1. The summed E-state index contributed by atoms with van der Waals surface area (Å²) >= 11 is 0. The fourth-order valence-corrected chi connectivity index (χ4v) is 3.09. The van der Waals surface area contributed by atoms with Crippen molar-refractivity contribution in [3.05, 3.63) is 23.8 Å². The van der Waals surface area contributed by atoms with Crippen LogP contribution in [0.25, 0.3) is 0 Å². The van der Waals surface area contributed by atoms with E-state index in [1.54, 1.807) is 13.2 Å². The molecule has 2 atom stereocenters. The molecule has 0 aliphatic carbocycles. The summed E-state index contributed by atoms with van der Waals surface area (Å²) in [6, 6.07) is 6.26. The average molecular weight is 293 g/mol. The lowest BCUT2D eigenvalue weighted by molar-refractivity contribution is 0.0643. The van der Waals surface area contributed by atoms with E-state index in [2.05, 4.69) is 23.8 Å². The fourth-order valence-electron chi connectivity index (χ4n) is 3.09. The number of phenolic OH excluding ortho intramolecular Hbond substituents is 1. The van der Waals surface area contributed by atoms with Crippen molar-refractivity contribution in [1.82, 2.24) is 9.80 Å². The molecule has 118 valence electrons. The molecule has 0 spiro atoms. The van der Waals surface area contributed by atoms with Gasteiger partial charge in [-0.3, -0.25) is 4.90 Å². The zero-order valence-electron chi connectivity index (χ0n) is 13.2. The van der Waals surface area contributed by atoms with E-state index in [9.17, 15) is 5.11 Å². The summed E-state index contributed by atoms with van der Waals surface area (Å²) in [4.78, 5) is 4.86. The number of phenols is 1. The highest BCUT2D eigenvalue weighted by Gasteiger charge is 2.28. The first-order valence-corrected chi connectivity index (χ1v) is 7.62. The first-order valence-electron chi connectivity index (χ1n) is 7.62. The Labute approximate surface area is 127 Å². The Hall–Kier alpha value is -1.30. The Morgan fingerprint density at radius 2 is 2.19 bits per heavy atom. The van der Waals surface area contributed by atoms with Gasteiger partial charge in [0.2, 0.25) is 0 Å². The summed E-state index contributed by atoms with van der Waals surface area (Å²) in [5.74, 6) is 0.675. The summed E-state index contributed by atoms with van der Waals surface area (Å²) in [6.45, 7) is 5.89. The highest BCUT2D eigenvalue weighted by molar-refractivity contribution is 5.42. The van der Waals surface area contributed by atoms with Crippen molar-refractivity contribution in [2.24, 2.45) is 5.73 Å². The maximum Gasteiger partial charge on any atom is 0.160 e. The molecular formula is C16H27N3O2. The zero-order chi connectivity index (χ0) is 15.4. The lowest BCUT2D eigenvalue weighted by atomic mass is 10.0. The van der Waals surface area contributed by atoms with Crippen molar-refractivity contribution in [2.75, 3.05) is 40.3 Å². The van der Waals surface area contributed by atoms with Crippen LogP contribution in [0.2, 0.25) is 0 Å². The van der Waals surface area contributed by atoms with Gasteiger partial charge in [0.15, 0.2) is 11.5 Å². The number of hydrogen-bond acceptors (Lipinski definition) is 5. The van der Waals surface area contributed by atoms with E-state index in [1.807, 2.05) is 12.1 Å². The van der Waals surface area contributed by atoms with Crippen molar-refractivity contribution < 1.29 is 9.84 Å². The van der Waals surface area contributed by atoms with Crippen LogP contribution in [-0.2, 0) is 0 Å². The molecule has 5 nitrogen and oxygen atoms in total. The van der Waals surface area contributed by atoms with E-state index in [1.165, 1.54) is 0 Å². The molecule has 1 fully saturated rings. The Kier molecular flexibility index (Phi) is 5.45. The van der Waals surface area contributed by atoms with E-state index < -0.39 is 0 Å².